The van der Waals surface area contributed by atoms with E-state index in [4.69, 9.17) is 4.74 Å². The number of amides is 1. The van der Waals surface area contributed by atoms with Crippen LogP contribution in [0.2, 0.25) is 0 Å². The van der Waals surface area contributed by atoms with E-state index in [0.717, 1.165) is 6.42 Å². The number of nitrogens with zero attached hydrogens (tertiary/aromatic N) is 2. The summed E-state index contributed by atoms with van der Waals surface area (Å²) >= 11 is 0. The van der Waals surface area contributed by atoms with Crippen molar-refractivity contribution < 1.29 is 17.9 Å². The van der Waals surface area contributed by atoms with Crippen molar-refractivity contribution in [2.75, 3.05) is 19.6 Å². The van der Waals surface area contributed by atoms with Gasteiger partial charge in [0.15, 0.2) is 0 Å². The van der Waals surface area contributed by atoms with Crippen molar-refractivity contribution in [3.8, 4) is 0 Å². The monoisotopic (exact) mass is 365 g/mol. The number of rotatable bonds is 2. The first-order valence-corrected chi connectivity index (χ1v) is 9.79. The third-order valence-corrected chi connectivity index (χ3v) is 5.50. The van der Waals surface area contributed by atoms with E-state index in [1.54, 1.807) is 29.2 Å². The second-order valence-corrected chi connectivity index (χ2v) is 9.02. The van der Waals surface area contributed by atoms with Crippen molar-refractivity contribution in [2.45, 2.75) is 37.7 Å². The Hall–Kier alpha value is -2.09. The lowest BCUT2D eigenvalue weighted by Crippen LogP contribution is -2.35. The van der Waals surface area contributed by atoms with Crippen LogP contribution in [0.4, 0.5) is 4.79 Å². The summed E-state index contributed by atoms with van der Waals surface area (Å²) in [7, 11) is -3.51. The minimum Gasteiger partial charge on any atom is -0.444 e. The molecule has 1 aromatic carbocycles. The maximum absolute atomic E-state index is 12.1. The number of fused-ring (bicyclic) bond motifs is 1. The summed E-state index contributed by atoms with van der Waals surface area (Å²) in [5.74, 6) is 0.573. The van der Waals surface area contributed by atoms with Crippen molar-refractivity contribution >= 4 is 22.0 Å². The lowest BCUT2D eigenvalue weighted by Gasteiger charge is -2.24. The summed E-state index contributed by atoms with van der Waals surface area (Å²) in [5.41, 5.74) is 0.0887. The van der Waals surface area contributed by atoms with E-state index >= 15 is 0 Å². The molecule has 0 aromatic heterocycles. The molecule has 1 unspecified atom stereocenters. The van der Waals surface area contributed by atoms with Gasteiger partial charge in [0.05, 0.1) is 4.90 Å². The Morgan fingerprint density at radius 2 is 2.08 bits per heavy atom. The lowest BCUT2D eigenvalue weighted by atomic mass is 10.1. The number of carbonyl (C=O) groups is 1. The standard InChI is InChI=1S/C17H23N3O4S/c1-17(2,3)24-16(21)20-9-8-12(11-20)10-18-15-13-6-4-5-7-14(13)25(22,23)19-15/h4-7,12H,8-11H2,1-3H3,(H,18,19). The quantitative estimate of drug-likeness (QED) is 0.868. The molecule has 1 N–H and O–H groups in total. The van der Waals surface area contributed by atoms with Crippen molar-refractivity contribution in [3.63, 3.8) is 0 Å². The predicted octanol–water partition coefficient (Wildman–Crippen LogP) is 1.98. The fraction of sp³-hybridized carbons (Fsp3) is 0.529. The lowest BCUT2D eigenvalue weighted by molar-refractivity contribution is 0.0289. The van der Waals surface area contributed by atoms with Crippen LogP contribution in [0.1, 0.15) is 32.8 Å². The Kier molecular flexibility index (Phi) is 4.49. The van der Waals surface area contributed by atoms with E-state index in [2.05, 4.69) is 9.71 Å². The van der Waals surface area contributed by atoms with Gasteiger partial charge in [0.25, 0.3) is 10.0 Å². The second kappa shape index (κ2) is 6.33. The molecule has 1 amide bonds. The zero-order valence-electron chi connectivity index (χ0n) is 14.7. The van der Waals surface area contributed by atoms with Gasteiger partial charge in [-0.25, -0.2) is 13.2 Å². The number of ether oxygens (including phenoxy) is 1. The van der Waals surface area contributed by atoms with Crippen LogP contribution >= 0.6 is 0 Å². The number of carbonyl (C=O) groups excluding carboxylic acids is 1. The number of hydrogen-bond donors (Lipinski definition) is 1. The van der Waals surface area contributed by atoms with E-state index in [0.29, 0.717) is 31.0 Å². The summed E-state index contributed by atoms with van der Waals surface area (Å²) in [5, 5.41) is 0. The highest BCUT2D eigenvalue weighted by Crippen LogP contribution is 2.24. The number of sulfonamides is 1. The molecule has 25 heavy (non-hydrogen) atoms. The van der Waals surface area contributed by atoms with Gasteiger partial charge in [0, 0.05) is 25.2 Å². The summed E-state index contributed by atoms with van der Waals surface area (Å²) in [4.78, 5) is 18.5. The van der Waals surface area contributed by atoms with Crippen LogP contribution in [0, 0.1) is 5.92 Å². The molecular weight excluding hydrogens is 342 g/mol. The van der Waals surface area contributed by atoms with Gasteiger partial charge in [-0.2, -0.15) is 0 Å². The molecule has 0 spiro atoms. The van der Waals surface area contributed by atoms with Crippen molar-refractivity contribution in [1.82, 2.24) is 9.62 Å². The van der Waals surface area contributed by atoms with E-state index in [9.17, 15) is 13.2 Å². The Labute approximate surface area is 148 Å². The third kappa shape index (κ3) is 3.95. The molecular formula is C17H23N3O4S. The van der Waals surface area contributed by atoms with E-state index in [1.165, 1.54) is 0 Å². The van der Waals surface area contributed by atoms with Crippen molar-refractivity contribution in [3.05, 3.63) is 29.8 Å². The zero-order chi connectivity index (χ0) is 18.2. The van der Waals surface area contributed by atoms with E-state index < -0.39 is 15.6 Å². The molecule has 1 atom stereocenters. The number of benzene rings is 1. The maximum atomic E-state index is 12.1. The summed E-state index contributed by atoms with van der Waals surface area (Å²) in [6.07, 6.45) is 0.513. The van der Waals surface area contributed by atoms with Crippen LogP contribution in [0.5, 0.6) is 0 Å². The molecule has 1 saturated heterocycles. The molecule has 0 aliphatic carbocycles. The summed E-state index contributed by atoms with van der Waals surface area (Å²) < 4.78 is 32.0. The molecule has 2 aliphatic rings. The Morgan fingerprint density at radius 1 is 1.36 bits per heavy atom. The molecule has 7 nitrogen and oxygen atoms in total. The van der Waals surface area contributed by atoms with E-state index in [1.807, 2.05) is 20.8 Å². The van der Waals surface area contributed by atoms with Gasteiger partial charge in [-0.05, 0) is 45.2 Å². The largest absolute Gasteiger partial charge is 0.444 e. The average Bonchev–Trinajstić information content (AvgIpc) is 3.07. The third-order valence-electron chi connectivity index (χ3n) is 4.11. The van der Waals surface area contributed by atoms with Crippen LogP contribution in [0.3, 0.4) is 0 Å². The Morgan fingerprint density at radius 3 is 2.80 bits per heavy atom. The van der Waals surface area contributed by atoms with Crippen molar-refractivity contribution in [2.24, 2.45) is 10.9 Å². The van der Waals surface area contributed by atoms with E-state index in [-0.39, 0.29) is 16.9 Å². The van der Waals surface area contributed by atoms with Crippen LogP contribution in [-0.2, 0) is 14.8 Å². The first kappa shape index (κ1) is 17.7. The number of aliphatic imine (C=N–C) groups is 1. The fourth-order valence-corrected chi connectivity index (χ4v) is 4.20. The van der Waals surface area contributed by atoms with Gasteiger partial charge in [-0.15, -0.1) is 0 Å². The molecule has 2 heterocycles. The zero-order valence-corrected chi connectivity index (χ0v) is 15.5. The molecule has 8 heteroatoms. The molecule has 0 radical (unpaired) electrons. The number of likely N-dealkylation sites (tertiary alicyclic amines) is 1. The minimum absolute atomic E-state index is 0.192. The molecule has 2 aliphatic heterocycles. The highest BCUT2D eigenvalue weighted by Gasteiger charge is 2.32. The van der Waals surface area contributed by atoms with Crippen LogP contribution < -0.4 is 4.72 Å². The van der Waals surface area contributed by atoms with Crippen LogP contribution in [-0.4, -0.2) is 50.5 Å². The molecule has 1 aromatic rings. The first-order chi connectivity index (χ1) is 11.7. The van der Waals surface area contributed by atoms with Gasteiger partial charge in [-0.1, -0.05) is 12.1 Å². The average molecular weight is 365 g/mol. The van der Waals surface area contributed by atoms with Gasteiger partial charge in [0.1, 0.15) is 11.4 Å². The number of nitrogens with one attached hydrogen (secondary N) is 1. The molecule has 0 saturated carbocycles. The molecule has 136 valence electrons. The normalized spacial score (nSPS) is 23.4. The molecule has 0 bridgehead atoms. The highest BCUT2D eigenvalue weighted by atomic mass is 32.2. The first-order valence-electron chi connectivity index (χ1n) is 8.30. The molecule has 1 fully saturated rings. The van der Waals surface area contributed by atoms with Crippen molar-refractivity contribution in [1.29, 1.82) is 0 Å². The van der Waals surface area contributed by atoms with Gasteiger partial charge >= 0.3 is 6.09 Å². The van der Waals surface area contributed by atoms with Gasteiger partial charge in [0.2, 0.25) is 0 Å². The fourth-order valence-electron chi connectivity index (χ4n) is 2.95. The van der Waals surface area contributed by atoms with Crippen LogP contribution in [0.25, 0.3) is 0 Å². The van der Waals surface area contributed by atoms with Gasteiger partial charge < -0.3 is 9.64 Å². The molecule has 3 rings (SSSR count). The number of hydrogen-bond acceptors (Lipinski definition) is 5. The highest BCUT2D eigenvalue weighted by molar-refractivity contribution is 7.90. The van der Waals surface area contributed by atoms with Crippen LogP contribution in [0.15, 0.2) is 34.2 Å². The summed E-state index contributed by atoms with van der Waals surface area (Å²) in [6, 6.07) is 6.79. The maximum Gasteiger partial charge on any atom is 0.410 e. The number of amidine groups is 1. The van der Waals surface area contributed by atoms with Gasteiger partial charge in [-0.3, -0.25) is 9.71 Å². The SMILES string of the molecule is CC(C)(C)OC(=O)N1CCC(CN=C2NS(=O)(=O)c3ccccc32)C1. The minimum atomic E-state index is -3.51. The topological polar surface area (TPSA) is 88.1 Å². The predicted molar refractivity (Wildman–Crippen MR) is 94.1 cm³/mol. The Balaban J connectivity index is 1.64. The smallest absolute Gasteiger partial charge is 0.410 e. The summed E-state index contributed by atoms with van der Waals surface area (Å²) in [6.45, 7) is 7.19. The Bertz CT molecular complexity index is 811. The second-order valence-electron chi connectivity index (χ2n) is 7.37.